The van der Waals surface area contributed by atoms with E-state index in [0.717, 1.165) is 44.7 Å². The number of hydrogen-bond acceptors (Lipinski definition) is 3. The van der Waals surface area contributed by atoms with Crippen LogP contribution in [0.4, 0.5) is 0 Å². The van der Waals surface area contributed by atoms with Crippen LogP contribution >= 0.6 is 0 Å². The number of rotatable bonds is 2. The molecule has 0 atom stereocenters. The Hall–Kier alpha value is -0.870. The van der Waals surface area contributed by atoms with Gasteiger partial charge in [-0.05, 0) is 32.1 Å². The number of nitrogens with two attached hydrogens (primary N) is 1. The predicted molar refractivity (Wildman–Crippen MR) is 61.1 cm³/mol. The average molecular weight is 221 g/mol. The van der Waals surface area contributed by atoms with Gasteiger partial charge in [0.15, 0.2) is 0 Å². The third-order valence-corrected chi connectivity index (χ3v) is 3.97. The molecule has 2 fully saturated rings. The maximum absolute atomic E-state index is 6.25. The molecule has 0 unspecified atom stereocenters. The quantitative estimate of drug-likeness (QED) is 0.798. The first-order chi connectivity index (χ1) is 7.78. The minimum Gasteiger partial charge on any atom is -0.381 e. The van der Waals surface area contributed by atoms with Gasteiger partial charge < -0.3 is 15.5 Å². The molecule has 1 aromatic heterocycles. The second-order valence-electron chi connectivity index (χ2n) is 5.08. The molecule has 1 saturated carbocycles. The fraction of sp³-hybridized carbons (Fsp3) is 0.750. The lowest BCUT2D eigenvalue weighted by atomic mass is 9.77. The zero-order chi connectivity index (χ0) is 11.0. The number of nitrogens with one attached hydrogen (secondary N) is 1. The normalized spacial score (nSPS) is 25.3. The van der Waals surface area contributed by atoms with E-state index < -0.39 is 0 Å². The molecule has 0 spiro atoms. The summed E-state index contributed by atoms with van der Waals surface area (Å²) in [5, 5.41) is 0. The molecule has 1 aliphatic carbocycles. The minimum absolute atomic E-state index is 0.163. The third-order valence-electron chi connectivity index (χ3n) is 3.97. The molecular weight excluding hydrogens is 202 g/mol. The Bertz CT molecular complexity index is 364. The van der Waals surface area contributed by atoms with Crippen LogP contribution in [0.15, 0.2) is 6.20 Å². The Morgan fingerprint density at radius 3 is 2.75 bits per heavy atom. The Morgan fingerprint density at radius 2 is 2.12 bits per heavy atom. The molecule has 3 N–H and O–H groups in total. The summed E-state index contributed by atoms with van der Waals surface area (Å²) in [6, 6.07) is 0. The van der Waals surface area contributed by atoms with Crippen molar-refractivity contribution in [2.24, 2.45) is 5.73 Å². The lowest BCUT2D eigenvalue weighted by Crippen LogP contribution is -2.44. The Balaban J connectivity index is 1.76. The van der Waals surface area contributed by atoms with Gasteiger partial charge in [0.1, 0.15) is 5.82 Å². The van der Waals surface area contributed by atoms with E-state index in [1.54, 1.807) is 0 Å². The van der Waals surface area contributed by atoms with Gasteiger partial charge in [0.05, 0.1) is 5.54 Å². The number of hydrogen-bond donors (Lipinski definition) is 2. The zero-order valence-electron chi connectivity index (χ0n) is 9.54. The largest absolute Gasteiger partial charge is 0.381 e. The first-order valence-corrected chi connectivity index (χ1v) is 6.20. The summed E-state index contributed by atoms with van der Waals surface area (Å²) in [5.41, 5.74) is 7.33. The highest BCUT2D eigenvalue weighted by molar-refractivity contribution is 5.16. The molecule has 4 heteroatoms. The Kier molecular flexibility index (Phi) is 2.48. The van der Waals surface area contributed by atoms with E-state index in [4.69, 9.17) is 10.5 Å². The van der Waals surface area contributed by atoms with Crippen molar-refractivity contribution in [1.82, 2.24) is 9.97 Å². The molecule has 0 bridgehead atoms. The van der Waals surface area contributed by atoms with E-state index >= 15 is 0 Å². The van der Waals surface area contributed by atoms with Gasteiger partial charge >= 0.3 is 0 Å². The third kappa shape index (κ3) is 1.66. The van der Waals surface area contributed by atoms with Crippen LogP contribution in [0.25, 0.3) is 0 Å². The maximum Gasteiger partial charge on any atom is 0.126 e. The van der Waals surface area contributed by atoms with Gasteiger partial charge in [0.2, 0.25) is 0 Å². The standard InChI is InChI=1S/C12H19N3O/c13-12(4-1-5-12)11-14-8-10(15-11)9-2-6-16-7-3-9/h8-9H,1-7,13H2,(H,14,15). The highest BCUT2D eigenvalue weighted by atomic mass is 16.5. The van der Waals surface area contributed by atoms with Crippen molar-refractivity contribution in [3.8, 4) is 0 Å². The molecule has 1 aromatic rings. The van der Waals surface area contributed by atoms with Gasteiger partial charge in [0, 0.05) is 31.0 Å². The van der Waals surface area contributed by atoms with Gasteiger partial charge in [-0.25, -0.2) is 4.98 Å². The van der Waals surface area contributed by atoms with Gasteiger partial charge in [-0.1, -0.05) is 0 Å². The summed E-state index contributed by atoms with van der Waals surface area (Å²) < 4.78 is 5.37. The topological polar surface area (TPSA) is 63.9 Å². The minimum atomic E-state index is -0.163. The SMILES string of the molecule is NC1(c2ncc(C3CCOCC3)[nH]2)CCC1. The molecule has 2 aliphatic rings. The number of ether oxygens (including phenoxy) is 1. The van der Waals surface area contributed by atoms with E-state index in [2.05, 4.69) is 9.97 Å². The number of nitrogens with zero attached hydrogens (tertiary/aromatic N) is 1. The van der Waals surface area contributed by atoms with Gasteiger partial charge in [-0.15, -0.1) is 0 Å². The molecule has 0 amide bonds. The van der Waals surface area contributed by atoms with Crippen molar-refractivity contribution in [1.29, 1.82) is 0 Å². The smallest absolute Gasteiger partial charge is 0.126 e. The summed E-state index contributed by atoms with van der Waals surface area (Å²) in [7, 11) is 0. The molecule has 4 nitrogen and oxygen atoms in total. The highest BCUT2D eigenvalue weighted by Crippen LogP contribution is 2.37. The second kappa shape index (κ2) is 3.86. The Morgan fingerprint density at radius 1 is 1.38 bits per heavy atom. The Labute approximate surface area is 95.6 Å². The van der Waals surface area contributed by atoms with Crippen molar-refractivity contribution < 1.29 is 4.74 Å². The number of aromatic nitrogens is 2. The van der Waals surface area contributed by atoms with Crippen LogP contribution in [0.2, 0.25) is 0 Å². The molecular formula is C12H19N3O. The van der Waals surface area contributed by atoms with Crippen LogP contribution in [0.1, 0.15) is 49.5 Å². The molecule has 2 heterocycles. The van der Waals surface area contributed by atoms with Crippen LogP contribution in [0, 0.1) is 0 Å². The predicted octanol–water partition coefficient (Wildman–Crippen LogP) is 1.64. The lowest BCUT2D eigenvalue weighted by molar-refractivity contribution is 0.0845. The van der Waals surface area contributed by atoms with Crippen LogP contribution in [-0.4, -0.2) is 23.2 Å². The molecule has 88 valence electrons. The van der Waals surface area contributed by atoms with Crippen LogP contribution in [-0.2, 0) is 10.3 Å². The second-order valence-corrected chi connectivity index (χ2v) is 5.08. The fourth-order valence-corrected chi connectivity index (χ4v) is 2.60. The van der Waals surface area contributed by atoms with Crippen molar-refractivity contribution in [2.45, 2.75) is 43.6 Å². The van der Waals surface area contributed by atoms with Gasteiger partial charge in [0.25, 0.3) is 0 Å². The number of imidazole rings is 1. The summed E-state index contributed by atoms with van der Waals surface area (Å²) >= 11 is 0. The number of H-pyrrole nitrogens is 1. The van der Waals surface area contributed by atoms with E-state index in [1.165, 1.54) is 12.1 Å². The van der Waals surface area contributed by atoms with Crippen molar-refractivity contribution in [3.63, 3.8) is 0 Å². The zero-order valence-corrected chi connectivity index (χ0v) is 9.54. The molecule has 3 rings (SSSR count). The molecule has 1 saturated heterocycles. The summed E-state index contributed by atoms with van der Waals surface area (Å²) in [5.74, 6) is 1.57. The molecule has 0 aromatic carbocycles. The van der Waals surface area contributed by atoms with Crippen molar-refractivity contribution in [2.75, 3.05) is 13.2 Å². The lowest BCUT2D eigenvalue weighted by Gasteiger charge is -2.36. The van der Waals surface area contributed by atoms with Crippen LogP contribution < -0.4 is 5.73 Å². The van der Waals surface area contributed by atoms with E-state index in [-0.39, 0.29) is 5.54 Å². The summed E-state index contributed by atoms with van der Waals surface area (Å²) in [6.45, 7) is 1.74. The summed E-state index contributed by atoms with van der Waals surface area (Å²) in [6.07, 6.45) is 7.52. The molecule has 16 heavy (non-hydrogen) atoms. The van der Waals surface area contributed by atoms with Crippen molar-refractivity contribution in [3.05, 3.63) is 17.7 Å². The molecule has 0 radical (unpaired) electrons. The van der Waals surface area contributed by atoms with E-state index in [1.807, 2.05) is 6.20 Å². The molecule has 1 aliphatic heterocycles. The maximum atomic E-state index is 6.25. The van der Waals surface area contributed by atoms with Crippen molar-refractivity contribution >= 4 is 0 Å². The van der Waals surface area contributed by atoms with Gasteiger partial charge in [-0.2, -0.15) is 0 Å². The average Bonchev–Trinajstić information content (AvgIpc) is 2.77. The number of aromatic amines is 1. The van der Waals surface area contributed by atoms with Crippen LogP contribution in [0.5, 0.6) is 0 Å². The van der Waals surface area contributed by atoms with E-state index in [9.17, 15) is 0 Å². The van der Waals surface area contributed by atoms with Gasteiger partial charge in [-0.3, -0.25) is 0 Å². The highest BCUT2D eigenvalue weighted by Gasteiger charge is 2.37. The summed E-state index contributed by atoms with van der Waals surface area (Å²) in [4.78, 5) is 7.90. The first kappa shape index (κ1) is 10.3. The fourth-order valence-electron chi connectivity index (χ4n) is 2.60. The van der Waals surface area contributed by atoms with Crippen LogP contribution in [0.3, 0.4) is 0 Å². The first-order valence-electron chi connectivity index (χ1n) is 6.20. The monoisotopic (exact) mass is 221 g/mol. The van der Waals surface area contributed by atoms with E-state index in [0.29, 0.717) is 5.92 Å².